The predicted octanol–water partition coefficient (Wildman–Crippen LogP) is 3.22. The molecule has 0 aliphatic rings. The summed E-state index contributed by atoms with van der Waals surface area (Å²) in [5.74, 6) is -0.766. The average molecular weight is 451 g/mol. The lowest BCUT2D eigenvalue weighted by atomic mass is 10.2. The molecule has 0 spiro atoms. The number of aromatic amines is 1. The van der Waals surface area contributed by atoms with E-state index in [1.54, 1.807) is 13.0 Å². The van der Waals surface area contributed by atoms with Crippen LogP contribution in [0.1, 0.15) is 16.2 Å². The number of carbonyl (C=O) groups is 1. The van der Waals surface area contributed by atoms with Gasteiger partial charge in [0.05, 0.1) is 19.7 Å². The van der Waals surface area contributed by atoms with E-state index in [4.69, 9.17) is 14.2 Å². The number of anilines is 1. The first kappa shape index (κ1) is 21.7. The Labute approximate surface area is 186 Å². The molecule has 0 saturated heterocycles. The van der Waals surface area contributed by atoms with E-state index in [1.165, 1.54) is 44.7 Å². The number of hydrogen-bond donors (Lipinski definition) is 2. The molecule has 0 saturated carbocycles. The highest BCUT2D eigenvalue weighted by Crippen LogP contribution is 2.35. The highest BCUT2D eigenvalue weighted by Gasteiger charge is 2.16. The largest absolute Gasteiger partial charge is 0.491 e. The molecule has 168 valence electrons. The lowest BCUT2D eigenvalue weighted by Gasteiger charge is -2.12. The number of amides is 1. The number of benzene rings is 1. The number of carbonyl (C=O) groups excluding carboxylic acids is 1. The summed E-state index contributed by atoms with van der Waals surface area (Å²) >= 11 is 0. The smallest absolute Gasteiger partial charge is 0.280 e. The third-order valence-corrected chi connectivity index (χ3v) is 4.57. The third kappa shape index (κ3) is 4.42. The molecule has 0 atom stereocenters. The quantitative estimate of drug-likeness (QED) is 0.457. The van der Waals surface area contributed by atoms with Crippen molar-refractivity contribution < 1.29 is 23.4 Å². The van der Waals surface area contributed by atoms with Crippen molar-refractivity contribution in [2.75, 3.05) is 19.5 Å². The van der Waals surface area contributed by atoms with Crippen LogP contribution in [0.2, 0.25) is 0 Å². The van der Waals surface area contributed by atoms with Crippen molar-refractivity contribution in [3.05, 3.63) is 70.0 Å². The number of hydrogen-bond acceptors (Lipinski definition) is 8. The van der Waals surface area contributed by atoms with Crippen molar-refractivity contribution in [1.82, 2.24) is 20.2 Å². The second kappa shape index (κ2) is 8.91. The van der Waals surface area contributed by atoms with E-state index in [9.17, 15) is 14.0 Å². The molecule has 0 aliphatic heterocycles. The summed E-state index contributed by atoms with van der Waals surface area (Å²) < 4.78 is 30.9. The number of ether oxygens (including phenoxy) is 3. The zero-order valence-electron chi connectivity index (χ0n) is 17.8. The van der Waals surface area contributed by atoms with Gasteiger partial charge in [-0.1, -0.05) is 0 Å². The normalized spacial score (nSPS) is 10.7. The van der Waals surface area contributed by atoms with Gasteiger partial charge in [-0.2, -0.15) is 5.10 Å². The summed E-state index contributed by atoms with van der Waals surface area (Å²) in [6.45, 7) is 1.64. The first-order valence-corrected chi connectivity index (χ1v) is 9.62. The number of methoxy groups -OCH3 is 2. The maximum Gasteiger partial charge on any atom is 0.280 e. The van der Waals surface area contributed by atoms with Crippen LogP contribution in [0.3, 0.4) is 0 Å². The maximum atomic E-state index is 14.7. The molecule has 3 aromatic heterocycles. The van der Waals surface area contributed by atoms with Gasteiger partial charge < -0.3 is 19.5 Å². The molecular formula is C22H18FN5O5. The molecule has 10 nitrogen and oxygen atoms in total. The number of aryl methyl sites for hydroxylation is 1. The van der Waals surface area contributed by atoms with E-state index >= 15 is 0 Å². The summed E-state index contributed by atoms with van der Waals surface area (Å²) in [6, 6.07) is 8.24. The van der Waals surface area contributed by atoms with Gasteiger partial charge in [0.25, 0.3) is 11.8 Å². The fraction of sp³-hybridized carbons (Fsp3) is 0.136. The minimum atomic E-state index is -0.769. The molecule has 2 N–H and O–H groups in total. The number of rotatable bonds is 6. The van der Waals surface area contributed by atoms with Crippen LogP contribution in [0.15, 0.2) is 47.4 Å². The first-order chi connectivity index (χ1) is 15.9. The average Bonchev–Trinajstić information content (AvgIpc) is 2.80. The van der Waals surface area contributed by atoms with Crippen LogP contribution in [0.25, 0.3) is 11.0 Å². The summed E-state index contributed by atoms with van der Waals surface area (Å²) in [5, 5.41) is 8.72. The molecule has 3 heterocycles. The van der Waals surface area contributed by atoms with Crippen LogP contribution in [-0.2, 0) is 0 Å². The number of pyridine rings is 2. The van der Waals surface area contributed by atoms with Crippen LogP contribution in [0.4, 0.5) is 10.1 Å². The standard InChI is InChI=1S/C22H18FN5O5/c1-11-8-15(29)20(28-27-11)21(30)25-12-4-5-16(13(23)9-12)33-17-6-7-24-14-10-18(31-2)22(32-3)26-19(14)17/h4-10H,1-3H3,(H,25,30)(H,27,29). The second-order valence-electron chi connectivity index (χ2n) is 6.84. The van der Waals surface area contributed by atoms with Crippen LogP contribution >= 0.6 is 0 Å². The number of nitrogens with zero attached hydrogens (tertiary/aromatic N) is 3. The van der Waals surface area contributed by atoms with Crippen molar-refractivity contribution in [3.63, 3.8) is 0 Å². The molecule has 0 radical (unpaired) electrons. The van der Waals surface area contributed by atoms with E-state index in [0.29, 0.717) is 22.5 Å². The van der Waals surface area contributed by atoms with E-state index in [0.717, 1.165) is 6.07 Å². The fourth-order valence-electron chi connectivity index (χ4n) is 3.02. The van der Waals surface area contributed by atoms with Gasteiger partial charge >= 0.3 is 0 Å². The Morgan fingerprint density at radius 1 is 1.06 bits per heavy atom. The highest BCUT2D eigenvalue weighted by atomic mass is 19.1. The van der Waals surface area contributed by atoms with Gasteiger partial charge in [0.15, 0.2) is 28.8 Å². The van der Waals surface area contributed by atoms with Crippen LogP contribution < -0.4 is 25.0 Å². The zero-order chi connectivity index (χ0) is 23.5. The van der Waals surface area contributed by atoms with Gasteiger partial charge in [-0.25, -0.2) is 9.37 Å². The molecule has 1 aromatic carbocycles. The molecule has 0 fully saturated rings. The van der Waals surface area contributed by atoms with E-state index in [2.05, 4.69) is 25.5 Å². The summed E-state index contributed by atoms with van der Waals surface area (Å²) in [5.41, 5.74) is 0.559. The summed E-state index contributed by atoms with van der Waals surface area (Å²) in [4.78, 5) is 32.8. The Balaban J connectivity index is 1.59. The monoisotopic (exact) mass is 451 g/mol. The van der Waals surface area contributed by atoms with Crippen molar-refractivity contribution in [3.8, 4) is 23.1 Å². The first-order valence-electron chi connectivity index (χ1n) is 9.62. The molecule has 0 unspecified atom stereocenters. The third-order valence-electron chi connectivity index (χ3n) is 4.57. The fourth-order valence-corrected chi connectivity index (χ4v) is 3.02. The molecule has 33 heavy (non-hydrogen) atoms. The maximum absolute atomic E-state index is 14.7. The van der Waals surface area contributed by atoms with Crippen molar-refractivity contribution in [2.24, 2.45) is 0 Å². The number of nitrogens with one attached hydrogen (secondary N) is 2. The molecule has 0 bridgehead atoms. The van der Waals surface area contributed by atoms with Crippen LogP contribution in [-0.4, -0.2) is 40.3 Å². The summed E-state index contributed by atoms with van der Waals surface area (Å²) in [7, 11) is 2.92. The lowest BCUT2D eigenvalue weighted by molar-refractivity contribution is 0.102. The topological polar surface area (TPSA) is 128 Å². The number of aromatic nitrogens is 4. The van der Waals surface area contributed by atoms with E-state index in [1.807, 2.05) is 0 Å². The molecule has 1 amide bonds. The lowest BCUT2D eigenvalue weighted by Crippen LogP contribution is -2.24. The van der Waals surface area contributed by atoms with Gasteiger partial charge in [-0.15, -0.1) is 0 Å². The number of halogens is 1. The molecule has 11 heteroatoms. The molecular weight excluding hydrogens is 433 g/mol. The van der Waals surface area contributed by atoms with E-state index < -0.39 is 17.2 Å². The van der Waals surface area contributed by atoms with Crippen LogP contribution in [0.5, 0.6) is 23.1 Å². The minimum Gasteiger partial charge on any atom is -0.491 e. The van der Waals surface area contributed by atoms with Gasteiger partial charge in [0.1, 0.15) is 5.52 Å². The van der Waals surface area contributed by atoms with E-state index in [-0.39, 0.29) is 28.8 Å². The minimum absolute atomic E-state index is 0.108. The number of H-pyrrole nitrogens is 1. The van der Waals surface area contributed by atoms with Gasteiger partial charge in [0.2, 0.25) is 5.43 Å². The predicted molar refractivity (Wildman–Crippen MR) is 117 cm³/mol. The Morgan fingerprint density at radius 3 is 2.58 bits per heavy atom. The Morgan fingerprint density at radius 2 is 1.88 bits per heavy atom. The molecule has 4 aromatic rings. The highest BCUT2D eigenvalue weighted by molar-refractivity contribution is 6.02. The SMILES string of the molecule is COc1cc2nccc(Oc3ccc(NC(=O)c4n[nH]c(C)cc4=O)cc3F)c2nc1OC. The van der Waals surface area contributed by atoms with Crippen molar-refractivity contribution in [2.45, 2.75) is 6.92 Å². The van der Waals surface area contributed by atoms with Crippen molar-refractivity contribution in [1.29, 1.82) is 0 Å². The zero-order valence-corrected chi connectivity index (χ0v) is 17.8. The second-order valence-corrected chi connectivity index (χ2v) is 6.84. The Bertz CT molecular complexity index is 1420. The summed E-state index contributed by atoms with van der Waals surface area (Å²) in [6.07, 6.45) is 1.49. The Kier molecular flexibility index (Phi) is 5.85. The van der Waals surface area contributed by atoms with Gasteiger partial charge in [0, 0.05) is 41.8 Å². The van der Waals surface area contributed by atoms with Gasteiger partial charge in [-0.3, -0.25) is 19.7 Å². The van der Waals surface area contributed by atoms with Gasteiger partial charge in [-0.05, 0) is 19.1 Å². The molecule has 0 aliphatic carbocycles. The van der Waals surface area contributed by atoms with Crippen molar-refractivity contribution >= 4 is 22.6 Å². The Hall–Kier alpha value is -4.54. The van der Waals surface area contributed by atoms with Crippen LogP contribution in [0, 0.1) is 12.7 Å². The number of fused-ring (bicyclic) bond motifs is 1. The molecule has 4 rings (SSSR count).